The van der Waals surface area contributed by atoms with Gasteiger partial charge in [0.15, 0.2) is 0 Å². The molecule has 0 unspecified atom stereocenters. The molecule has 0 aliphatic heterocycles. The molecule has 0 amide bonds. The van der Waals surface area contributed by atoms with Crippen LogP contribution in [0.1, 0.15) is 20.3 Å². The van der Waals surface area contributed by atoms with E-state index in [2.05, 4.69) is 26.2 Å². The second-order valence-corrected chi connectivity index (χ2v) is 2.69. The van der Waals surface area contributed by atoms with Crippen LogP contribution in [0.2, 0.25) is 0 Å². The summed E-state index contributed by atoms with van der Waals surface area (Å²) in [7, 11) is 0. The molecule has 82 valence electrons. The third-order valence-corrected chi connectivity index (χ3v) is 1.72. The molecule has 0 fully saturated rings. The van der Waals surface area contributed by atoms with Crippen molar-refractivity contribution in [1.29, 1.82) is 0 Å². The van der Waals surface area contributed by atoms with Crippen LogP contribution in [-0.4, -0.2) is 6.79 Å². The molecule has 0 aromatic carbocycles. The van der Waals surface area contributed by atoms with Crippen molar-refractivity contribution in [2.75, 3.05) is 0 Å². The maximum atomic E-state index is 8.00. The zero-order valence-electron chi connectivity index (χ0n) is 9.70. The maximum Gasteiger partial charge on any atom is 0.106 e. The van der Waals surface area contributed by atoms with Gasteiger partial charge in [0.05, 0.1) is 0 Å². The van der Waals surface area contributed by atoms with Gasteiger partial charge in [0, 0.05) is 0 Å². The van der Waals surface area contributed by atoms with E-state index in [0.717, 1.165) is 12.0 Å². The Morgan fingerprint density at radius 3 is 2.27 bits per heavy atom. The van der Waals surface area contributed by atoms with E-state index in [-0.39, 0.29) is 0 Å². The summed E-state index contributed by atoms with van der Waals surface area (Å²) in [6.07, 6.45) is 12.8. The van der Waals surface area contributed by atoms with Gasteiger partial charge in [-0.05, 0) is 24.5 Å². The van der Waals surface area contributed by atoms with E-state index in [9.17, 15) is 0 Å². The summed E-state index contributed by atoms with van der Waals surface area (Å²) in [5.74, 6) is 0. The van der Waals surface area contributed by atoms with Crippen LogP contribution < -0.4 is 0 Å². The summed E-state index contributed by atoms with van der Waals surface area (Å²) in [5.41, 5.74) is 2.32. The van der Waals surface area contributed by atoms with Gasteiger partial charge < -0.3 is 4.79 Å². The van der Waals surface area contributed by atoms with Crippen molar-refractivity contribution < 1.29 is 4.79 Å². The van der Waals surface area contributed by atoms with Gasteiger partial charge >= 0.3 is 0 Å². The SMILES string of the molecule is C=C/C=C\C(=C)/C(=C/C=C\C)CC.C=O. The van der Waals surface area contributed by atoms with Gasteiger partial charge in [-0.15, -0.1) is 0 Å². The highest BCUT2D eigenvalue weighted by molar-refractivity contribution is 5.39. The summed E-state index contributed by atoms with van der Waals surface area (Å²) in [5, 5.41) is 0. The molecule has 15 heavy (non-hydrogen) atoms. The Balaban J connectivity index is 0. The summed E-state index contributed by atoms with van der Waals surface area (Å²) in [4.78, 5) is 8.00. The molecule has 1 heteroatoms. The fourth-order valence-electron chi connectivity index (χ4n) is 0.956. The lowest BCUT2D eigenvalue weighted by molar-refractivity contribution is -0.0979. The van der Waals surface area contributed by atoms with Crippen LogP contribution in [0.3, 0.4) is 0 Å². The predicted octanol–water partition coefficient (Wildman–Crippen LogP) is 4.01. The van der Waals surface area contributed by atoms with Gasteiger partial charge in [0.2, 0.25) is 0 Å². The van der Waals surface area contributed by atoms with Crippen molar-refractivity contribution in [3.05, 3.63) is 60.8 Å². The van der Waals surface area contributed by atoms with Crippen molar-refractivity contribution in [1.82, 2.24) is 0 Å². The Hall–Kier alpha value is -1.63. The molecule has 0 aromatic heterocycles. The van der Waals surface area contributed by atoms with Crippen molar-refractivity contribution >= 4 is 6.79 Å². The highest BCUT2D eigenvalue weighted by Crippen LogP contribution is 2.13. The Labute approximate surface area is 93.2 Å². The maximum absolute atomic E-state index is 8.00. The third kappa shape index (κ3) is 8.69. The second kappa shape index (κ2) is 12.4. The number of allylic oxidation sites excluding steroid dienone is 8. The first-order valence-corrected chi connectivity index (χ1v) is 4.85. The van der Waals surface area contributed by atoms with Crippen molar-refractivity contribution in [3.8, 4) is 0 Å². The summed E-state index contributed by atoms with van der Waals surface area (Å²) in [6.45, 7) is 13.7. The molecular formula is C14H20O. The van der Waals surface area contributed by atoms with Crippen LogP contribution in [0.15, 0.2) is 60.8 Å². The molecule has 0 saturated heterocycles. The first-order valence-electron chi connectivity index (χ1n) is 4.85. The van der Waals surface area contributed by atoms with Crippen molar-refractivity contribution in [2.45, 2.75) is 20.3 Å². The molecule has 0 saturated carbocycles. The minimum Gasteiger partial charge on any atom is -0.307 e. The van der Waals surface area contributed by atoms with E-state index in [0.29, 0.717) is 0 Å². The minimum absolute atomic E-state index is 1.00. The zero-order valence-corrected chi connectivity index (χ0v) is 9.70. The van der Waals surface area contributed by atoms with E-state index in [1.165, 1.54) is 5.57 Å². The standard InChI is InChI=1S/C13H18.CH2O/c1-5-8-10-12(4)13(7-3)11-9-6-2;1-2/h5-6,8-11H,1,4,7H2,2-3H3;1H2/b9-6-,10-8-,13-11+;. The van der Waals surface area contributed by atoms with Crippen LogP contribution in [0.5, 0.6) is 0 Å². The summed E-state index contributed by atoms with van der Waals surface area (Å²) in [6, 6.07) is 0. The minimum atomic E-state index is 1.00. The van der Waals surface area contributed by atoms with Crippen LogP contribution in [0.25, 0.3) is 0 Å². The summed E-state index contributed by atoms with van der Waals surface area (Å²) < 4.78 is 0. The fourth-order valence-corrected chi connectivity index (χ4v) is 0.956. The molecular weight excluding hydrogens is 184 g/mol. The molecule has 0 aliphatic carbocycles. The van der Waals surface area contributed by atoms with Crippen molar-refractivity contribution in [3.63, 3.8) is 0 Å². The van der Waals surface area contributed by atoms with Crippen LogP contribution >= 0.6 is 0 Å². The van der Waals surface area contributed by atoms with E-state index < -0.39 is 0 Å². The molecule has 0 aromatic rings. The molecule has 0 N–H and O–H groups in total. The Kier molecular flexibility index (Phi) is 13.1. The second-order valence-electron chi connectivity index (χ2n) is 2.69. The lowest BCUT2D eigenvalue weighted by atomic mass is 10.0. The molecule has 0 bridgehead atoms. The number of hydrogen-bond donors (Lipinski definition) is 0. The number of rotatable bonds is 5. The lowest BCUT2D eigenvalue weighted by Gasteiger charge is -2.01. The normalized spacial score (nSPS) is 11.2. The smallest absolute Gasteiger partial charge is 0.106 e. The Morgan fingerprint density at radius 1 is 1.27 bits per heavy atom. The van der Waals surface area contributed by atoms with Crippen LogP contribution in [0, 0.1) is 0 Å². The van der Waals surface area contributed by atoms with E-state index >= 15 is 0 Å². The average Bonchev–Trinajstić information content (AvgIpc) is 2.30. The molecule has 1 nitrogen and oxygen atoms in total. The number of carbonyl (C=O) groups excluding carboxylic acids is 1. The lowest BCUT2D eigenvalue weighted by Crippen LogP contribution is -1.81. The Bertz CT molecular complexity index is 267. The fraction of sp³-hybridized carbons (Fsp3) is 0.214. The zero-order chi connectivity index (χ0) is 12.1. The van der Waals surface area contributed by atoms with Gasteiger partial charge in [-0.3, -0.25) is 0 Å². The average molecular weight is 204 g/mol. The molecule has 0 atom stereocenters. The topological polar surface area (TPSA) is 17.1 Å². The van der Waals surface area contributed by atoms with Crippen LogP contribution in [-0.2, 0) is 4.79 Å². The highest BCUT2D eigenvalue weighted by atomic mass is 16.1. The van der Waals surface area contributed by atoms with E-state index in [1.807, 2.05) is 38.0 Å². The third-order valence-electron chi connectivity index (χ3n) is 1.72. The first-order chi connectivity index (χ1) is 7.26. The van der Waals surface area contributed by atoms with Gasteiger partial charge in [-0.2, -0.15) is 0 Å². The number of carbonyl (C=O) groups is 1. The molecule has 0 heterocycles. The molecule has 0 radical (unpaired) electrons. The van der Waals surface area contributed by atoms with Gasteiger partial charge in [0.1, 0.15) is 6.79 Å². The Morgan fingerprint density at radius 2 is 1.87 bits per heavy atom. The largest absolute Gasteiger partial charge is 0.307 e. The molecule has 0 spiro atoms. The monoisotopic (exact) mass is 204 g/mol. The first kappa shape index (κ1) is 15.8. The highest BCUT2D eigenvalue weighted by Gasteiger charge is 1.93. The van der Waals surface area contributed by atoms with E-state index in [4.69, 9.17) is 4.79 Å². The van der Waals surface area contributed by atoms with Gasteiger partial charge in [-0.1, -0.05) is 56.5 Å². The quantitative estimate of drug-likeness (QED) is 0.618. The van der Waals surface area contributed by atoms with Gasteiger partial charge in [-0.25, -0.2) is 0 Å². The van der Waals surface area contributed by atoms with E-state index in [1.54, 1.807) is 6.08 Å². The van der Waals surface area contributed by atoms with Crippen LogP contribution in [0.4, 0.5) is 0 Å². The number of hydrogen-bond acceptors (Lipinski definition) is 1. The van der Waals surface area contributed by atoms with Crippen molar-refractivity contribution in [2.24, 2.45) is 0 Å². The van der Waals surface area contributed by atoms with Gasteiger partial charge in [0.25, 0.3) is 0 Å². The predicted molar refractivity (Wildman–Crippen MR) is 68.8 cm³/mol. The molecule has 0 aliphatic rings. The molecule has 0 rings (SSSR count). The summed E-state index contributed by atoms with van der Waals surface area (Å²) >= 11 is 0.